The smallest absolute Gasteiger partial charge is 0.490 e. The zero-order chi connectivity index (χ0) is 31.7. The van der Waals surface area contributed by atoms with Crippen molar-refractivity contribution in [3.63, 3.8) is 0 Å². The van der Waals surface area contributed by atoms with Crippen molar-refractivity contribution in [1.29, 1.82) is 0 Å². The summed E-state index contributed by atoms with van der Waals surface area (Å²) in [7, 11) is -1.11. The van der Waals surface area contributed by atoms with Crippen LogP contribution in [0.1, 0.15) is 14.6 Å². The molecule has 0 atom stereocenters. The number of halogens is 3. The van der Waals surface area contributed by atoms with Gasteiger partial charge in [0.15, 0.2) is 0 Å². The monoisotopic (exact) mass is 728 g/mol. The molecule has 0 saturated heterocycles. The molecule has 3 aromatic heterocycles. The van der Waals surface area contributed by atoms with E-state index in [-0.39, 0.29) is 0 Å². The molecule has 13 heteroatoms. The Balaban J connectivity index is 1.10. The minimum atomic E-state index is -1.11. The Hall–Kier alpha value is -3.51. The van der Waals surface area contributed by atoms with E-state index in [9.17, 15) is 0 Å². The zero-order valence-electron chi connectivity index (χ0n) is 23.9. The van der Waals surface area contributed by atoms with Gasteiger partial charge in [0.25, 0.3) is 0 Å². The van der Waals surface area contributed by atoms with Crippen LogP contribution in [0.2, 0.25) is 13.0 Å². The van der Waals surface area contributed by atoms with Gasteiger partial charge in [0.1, 0.15) is 54.3 Å². The van der Waals surface area contributed by atoms with Crippen LogP contribution in [-0.4, -0.2) is 7.32 Å². The molecule has 0 spiro atoms. The molecule has 0 aliphatic heterocycles. The summed E-state index contributed by atoms with van der Waals surface area (Å²) in [5.41, 5.74) is 0. The molecular formula is C33H24BCl3O6S3. The topological polar surface area (TPSA) is 55.4 Å². The SMILES string of the molecule is Clc1ccc(COc2ccc(OB(Oc3ccc(OCc4ccc(Cl)s4)cc3)Oc3ccc(OCc4ccc(Cl)s4)cc3)cc2)s1. The molecule has 0 aliphatic carbocycles. The largest absolute Gasteiger partial charge is 0.864 e. The van der Waals surface area contributed by atoms with Crippen LogP contribution in [0.4, 0.5) is 0 Å². The van der Waals surface area contributed by atoms with Gasteiger partial charge in [-0.1, -0.05) is 34.8 Å². The highest BCUT2D eigenvalue weighted by atomic mass is 35.5. The quantitative estimate of drug-likeness (QED) is 0.0981. The maximum absolute atomic E-state index is 6.12. The van der Waals surface area contributed by atoms with Crippen LogP contribution in [0.15, 0.2) is 109 Å². The molecule has 6 aromatic rings. The predicted octanol–water partition coefficient (Wildman–Crippen LogP) is 11.1. The molecule has 0 fully saturated rings. The number of benzene rings is 3. The van der Waals surface area contributed by atoms with E-state index in [1.165, 1.54) is 34.0 Å². The lowest BCUT2D eigenvalue weighted by Crippen LogP contribution is -2.36. The molecule has 0 saturated carbocycles. The van der Waals surface area contributed by atoms with Gasteiger partial charge in [0.05, 0.1) is 13.0 Å². The van der Waals surface area contributed by atoms with Gasteiger partial charge in [-0.3, -0.25) is 0 Å². The van der Waals surface area contributed by atoms with E-state index in [1.807, 2.05) is 72.8 Å². The average Bonchev–Trinajstić information content (AvgIpc) is 3.81. The molecule has 0 N–H and O–H groups in total. The lowest BCUT2D eigenvalue weighted by atomic mass is 10.2. The lowest BCUT2D eigenvalue weighted by Gasteiger charge is -2.17. The number of rotatable bonds is 15. The third-order valence-corrected chi connectivity index (χ3v) is 9.81. The molecule has 0 aliphatic rings. The molecule has 234 valence electrons. The standard InChI is InChI=1S/C33H24BCl3O6S3/c35-31-16-13-28(44-31)19-38-22-1-7-25(8-2-22)41-34(42-26-9-3-23(4-10-26)39-20-29-14-17-32(36)45-29)43-27-11-5-24(6-12-27)40-21-30-15-18-33(37)46-30/h1-18H,19-21H2. The highest BCUT2D eigenvalue weighted by Gasteiger charge is 2.30. The Labute approximate surface area is 293 Å². The van der Waals surface area contributed by atoms with Crippen molar-refractivity contribution < 1.29 is 28.2 Å². The van der Waals surface area contributed by atoms with E-state index in [0.717, 1.165) is 27.6 Å². The van der Waals surface area contributed by atoms with Crippen LogP contribution in [0.5, 0.6) is 34.5 Å². The normalized spacial score (nSPS) is 10.8. The van der Waals surface area contributed by atoms with Crippen molar-refractivity contribution in [1.82, 2.24) is 0 Å². The fraction of sp³-hybridized carbons (Fsp3) is 0.0909. The molecule has 3 heterocycles. The first kappa shape index (κ1) is 32.4. The van der Waals surface area contributed by atoms with Crippen molar-refractivity contribution >= 4 is 76.1 Å². The van der Waals surface area contributed by atoms with Gasteiger partial charge in [-0.15, -0.1) is 34.0 Å². The predicted molar refractivity (Wildman–Crippen MR) is 188 cm³/mol. The van der Waals surface area contributed by atoms with Crippen molar-refractivity contribution in [3.05, 3.63) is 137 Å². The summed E-state index contributed by atoms with van der Waals surface area (Å²) in [6.07, 6.45) is 0. The van der Waals surface area contributed by atoms with Gasteiger partial charge in [-0.2, -0.15) is 0 Å². The van der Waals surface area contributed by atoms with Gasteiger partial charge in [0.2, 0.25) is 0 Å². The molecule has 0 radical (unpaired) electrons. The van der Waals surface area contributed by atoms with Crippen LogP contribution < -0.4 is 28.2 Å². The van der Waals surface area contributed by atoms with Crippen molar-refractivity contribution in [3.8, 4) is 34.5 Å². The van der Waals surface area contributed by atoms with Crippen LogP contribution in [0.25, 0.3) is 0 Å². The summed E-state index contributed by atoms with van der Waals surface area (Å²) in [5, 5.41) is 0. The molecule has 6 rings (SSSR count). The second kappa shape index (κ2) is 15.9. The summed E-state index contributed by atoms with van der Waals surface area (Å²) in [6, 6.07) is 33.1. The highest BCUT2D eigenvalue weighted by molar-refractivity contribution is 7.16. The first-order valence-corrected chi connectivity index (χ1v) is 17.4. The maximum Gasteiger partial charge on any atom is 0.864 e. The second-order valence-corrected chi connectivity index (χ2v) is 14.9. The van der Waals surface area contributed by atoms with Crippen LogP contribution in [-0.2, 0) is 19.8 Å². The Morgan fingerprint density at radius 1 is 0.370 bits per heavy atom. The molecular weight excluding hydrogens is 706 g/mol. The van der Waals surface area contributed by atoms with E-state index in [1.54, 1.807) is 36.4 Å². The molecule has 6 nitrogen and oxygen atoms in total. The van der Waals surface area contributed by atoms with Crippen LogP contribution in [0.3, 0.4) is 0 Å². The van der Waals surface area contributed by atoms with Crippen LogP contribution in [0, 0.1) is 0 Å². The maximum atomic E-state index is 6.12. The van der Waals surface area contributed by atoms with Gasteiger partial charge >= 0.3 is 7.32 Å². The molecule has 46 heavy (non-hydrogen) atoms. The number of hydrogen-bond donors (Lipinski definition) is 0. The third-order valence-electron chi connectivity index (χ3n) is 6.20. The average molecular weight is 730 g/mol. The Bertz CT molecular complexity index is 1610. The Morgan fingerprint density at radius 2 is 0.630 bits per heavy atom. The van der Waals surface area contributed by atoms with Crippen molar-refractivity contribution in [2.45, 2.75) is 19.8 Å². The van der Waals surface area contributed by atoms with Gasteiger partial charge in [-0.25, -0.2) is 0 Å². The van der Waals surface area contributed by atoms with Gasteiger partial charge in [0, 0.05) is 14.6 Å². The molecule has 0 amide bonds. The second-order valence-electron chi connectivity index (χ2n) is 9.54. The minimum Gasteiger partial charge on any atom is -0.490 e. The molecule has 0 unspecified atom stereocenters. The van der Waals surface area contributed by atoms with Crippen molar-refractivity contribution in [2.24, 2.45) is 0 Å². The number of ether oxygens (including phenoxy) is 3. The summed E-state index contributed by atoms with van der Waals surface area (Å²) < 4.78 is 38.2. The molecule has 0 bridgehead atoms. The fourth-order valence-corrected chi connectivity index (χ4v) is 7.00. The summed E-state index contributed by atoms with van der Waals surface area (Å²) in [6.45, 7) is 1.27. The van der Waals surface area contributed by atoms with E-state index in [4.69, 9.17) is 63.0 Å². The lowest BCUT2D eigenvalue weighted by molar-refractivity contribution is 0.298. The highest BCUT2D eigenvalue weighted by Crippen LogP contribution is 2.28. The first-order valence-electron chi connectivity index (χ1n) is 13.8. The van der Waals surface area contributed by atoms with E-state index in [0.29, 0.717) is 54.3 Å². The fourth-order valence-electron chi connectivity index (χ4n) is 4.00. The van der Waals surface area contributed by atoms with E-state index < -0.39 is 7.32 Å². The summed E-state index contributed by atoms with van der Waals surface area (Å²) in [4.78, 5) is 3.10. The zero-order valence-corrected chi connectivity index (χ0v) is 28.6. The summed E-state index contributed by atoms with van der Waals surface area (Å²) in [5.74, 6) is 3.66. The number of thiophene rings is 3. The van der Waals surface area contributed by atoms with Crippen LogP contribution >= 0.6 is 68.8 Å². The Kier molecular flexibility index (Phi) is 11.2. The minimum absolute atomic E-state index is 0.425. The van der Waals surface area contributed by atoms with E-state index in [2.05, 4.69) is 0 Å². The van der Waals surface area contributed by atoms with Gasteiger partial charge in [-0.05, 0) is 109 Å². The Morgan fingerprint density at radius 3 is 0.870 bits per heavy atom. The van der Waals surface area contributed by atoms with Gasteiger partial charge < -0.3 is 28.2 Å². The first-order chi connectivity index (χ1) is 22.4. The molecule has 3 aromatic carbocycles. The third kappa shape index (κ3) is 9.75. The number of hydrogen-bond acceptors (Lipinski definition) is 9. The van der Waals surface area contributed by atoms with Crippen molar-refractivity contribution in [2.75, 3.05) is 0 Å². The van der Waals surface area contributed by atoms with E-state index >= 15 is 0 Å². The summed E-state index contributed by atoms with van der Waals surface area (Å²) >= 11 is 22.5.